The molecule has 0 unspecified atom stereocenters. The summed E-state index contributed by atoms with van der Waals surface area (Å²) in [6.45, 7) is 0. The summed E-state index contributed by atoms with van der Waals surface area (Å²) in [4.78, 5) is 8.83. The second-order valence-corrected chi connectivity index (χ2v) is 5.12. The van der Waals surface area contributed by atoms with Crippen LogP contribution in [0.4, 0.5) is 5.82 Å². The first-order chi connectivity index (χ1) is 10.7. The predicted octanol–water partition coefficient (Wildman–Crippen LogP) is 2.38. The zero-order valence-electron chi connectivity index (χ0n) is 12.0. The number of nitrogen functional groups attached to an aromatic ring is 1. The molecule has 0 amide bonds. The lowest BCUT2D eigenvalue weighted by Crippen LogP contribution is -1.99. The van der Waals surface area contributed by atoms with E-state index in [0.29, 0.717) is 11.5 Å². The van der Waals surface area contributed by atoms with Gasteiger partial charge < -0.3 is 5.73 Å². The van der Waals surface area contributed by atoms with Crippen LogP contribution in [-0.4, -0.2) is 24.1 Å². The van der Waals surface area contributed by atoms with Gasteiger partial charge in [-0.3, -0.25) is 9.08 Å². The van der Waals surface area contributed by atoms with Gasteiger partial charge in [0.25, 0.3) is 0 Å². The average Bonchev–Trinajstić information content (AvgIpc) is 3.14. The lowest BCUT2D eigenvalue weighted by Gasteiger charge is -2.06. The van der Waals surface area contributed by atoms with E-state index in [4.69, 9.17) is 5.73 Å². The average molecular weight is 290 g/mol. The Balaban J connectivity index is 1.96. The van der Waals surface area contributed by atoms with Crippen molar-refractivity contribution in [1.29, 1.82) is 0 Å². The second kappa shape index (κ2) is 4.70. The molecule has 1 aromatic carbocycles. The van der Waals surface area contributed by atoms with E-state index in [9.17, 15) is 0 Å². The number of hydrogen-bond acceptors (Lipinski definition) is 4. The minimum Gasteiger partial charge on any atom is -0.381 e. The van der Waals surface area contributed by atoms with Crippen molar-refractivity contribution in [3.05, 3.63) is 55.1 Å². The summed E-state index contributed by atoms with van der Waals surface area (Å²) in [6, 6.07) is 9.95. The highest BCUT2D eigenvalue weighted by molar-refractivity contribution is 5.72. The highest BCUT2D eigenvalue weighted by Gasteiger charge is 2.12. The van der Waals surface area contributed by atoms with E-state index in [0.717, 1.165) is 22.5 Å². The van der Waals surface area contributed by atoms with Gasteiger partial charge in [-0.2, -0.15) is 5.10 Å². The molecule has 0 spiro atoms. The number of imidazole rings is 1. The Morgan fingerprint density at radius 3 is 2.55 bits per heavy atom. The zero-order valence-corrected chi connectivity index (χ0v) is 12.0. The smallest absolute Gasteiger partial charge is 0.180 e. The molecule has 0 bridgehead atoms. The Morgan fingerprint density at radius 2 is 1.82 bits per heavy atom. The number of aryl methyl sites for hydroxylation is 1. The van der Waals surface area contributed by atoms with E-state index in [2.05, 4.69) is 15.1 Å². The number of fused-ring (bicyclic) bond motifs is 1. The van der Waals surface area contributed by atoms with Gasteiger partial charge in [-0.05, 0) is 0 Å². The van der Waals surface area contributed by atoms with E-state index < -0.39 is 0 Å². The standard InChI is InChI=1S/C16H14N6/c1-21-9-12(7-19-21)14-8-18-16-15(17)20-13(10-22(14)16)11-5-3-2-4-6-11/h2-10H,1H3,(H2,17,20). The molecule has 0 fully saturated rings. The van der Waals surface area contributed by atoms with Crippen LogP contribution in [0.1, 0.15) is 0 Å². The van der Waals surface area contributed by atoms with Gasteiger partial charge in [0.1, 0.15) is 0 Å². The Kier molecular flexibility index (Phi) is 2.69. The molecule has 3 aromatic heterocycles. The molecule has 0 saturated heterocycles. The maximum absolute atomic E-state index is 6.08. The summed E-state index contributed by atoms with van der Waals surface area (Å²) < 4.78 is 3.72. The Morgan fingerprint density at radius 1 is 1.00 bits per heavy atom. The van der Waals surface area contributed by atoms with Crippen LogP contribution >= 0.6 is 0 Å². The normalized spacial score (nSPS) is 11.1. The van der Waals surface area contributed by atoms with E-state index in [1.54, 1.807) is 10.9 Å². The van der Waals surface area contributed by atoms with Crippen molar-refractivity contribution < 1.29 is 0 Å². The van der Waals surface area contributed by atoms with Gasteiger partial charge in [-0.25, -0.2) is 9.97 Å². The Hall–Kier alpha value is -3.15. The van der Waals surface area contributed by atoms with Gasteiger partial charge in [0.2, 0.25) is 0 Å². The highest BCUT2D eigenvalue weighted by Crippen LogP contribution is 2.25. The van der Waals surface area contributed by atoms with Crippen molar-refractivity contribution in [2.75, 3.05) is 5.73 Å². The molecule has 0 saturated carbocycles. The highest BCUT2D eigenvalue weighted by atomic mass is 15.2. The predicted molar refractivity (Wildman–Crippen MR) is 85.0 cm³/mol. The van der Waals surface area contributed by atoms with Crippen LogP contribution in [0.15, 0.2) is 55.1 Å². The molecule has 6 heteroatoms. The van der Waals surface area contributed by atoms with Crippen LogP contribution in [0, 0.1) is 0 Å². The minimum absolute atomic E-state index is 0.413. The lowest BCUT2D eigenvalue weighted by molar-refractivity contribution is 0.768. The van der Waals surface area contributed by atoms with Gasteiger partial charge in [0.15, 0.2) is 11.5 Å². The fourth-order valence-corrected chi connectivity index (χ4v) is 2.53. The van der Waals surface area contributed by atoms with Crippen molar-refractivity contribution in [1.82, 2.24) is 24.1 Å². The number of hydrogen-bond donors (Lipinski definition) is 1. The summed E-state index contributed by atoms with van der Waals surface area (Å²) in [5.74, 6) is 0.413. The monoisotopic (exact) mass is 290 g/mol. The molecule has 4 aromatic rings. The molecular weight excluding hydrogens is 276 g/mol. The molecule has 22 heavy (non-hydrogen) atoms. The van der Waals surface area contributed by atoms with Gasteiger partial charge in [0.05, 0.1) is 23.8 Å². The Labute approximate surface area is 126 Å². The second-order valence-electron chi connectivity index (χ2n) is 5.12. The molecule has 6 nitrogen and oxygen atoms in total. The molecule has 0 atom stereocenters. The third kappa shape index (κ3) is 1.93. The van der Waals surface area contributed by atoms with E-state index in [-0.39, 0.29) is 0 Å². The first kappa shape index (κ1) is 12.6. The largest absolute Gasteiger partial charge is 0.381 e. The van der Waals surface area contributed by atoms with E-state index in [1.807, 2.05) is 60.4 Å². The van der Waals surface area contributed by atoms with E-state index >= 15 is 0 Å². The summed E-state index contributed by atoms with van der Waals surface area (Å²) in [5, 5.41) is 4.21. The van der Waals surface area contributed by atoms with Gasteiger partial charge in [0, 0.05) is 30.6 Å². The number of benzene rings is 1. The van der Waals surface area contributed by atoms with Gasteiger partial charge in [-0.1, -0.05) is 30.3 Å². The summed E-state index contributed by atoms with van der Waals surface area (Å²) >= 11 is 0. The van der Waals surface area contributed by atoms with E-state index in [1.165, 1.54) is 0 Å². The molecule has 3 heterocycles. The third-order valence-electron chi connectivity index (χ3n) is 3.59. The van der Waals surface area contributed by atoms with Gasteiger partial charge in [-0.15, -0.1) is 0 Å². The van der Waals surface area contributed by atoms with Crippen LogP contribution in [-0.2, 0) is 7.05 Å². The minimum atomic E-state index is 0.413. The maximum Gasteiger partial charge on any atom is 0.180 e. The molecule has 0 aliphatic rings. The fourth-order valence-electron chi connectivity index (χ4n) is 2.53. The molecule has 2 N–H and O–H groups in total. The summed E-state index contributed by atoms with van der Waals surface area (Å²) in [5.41, 5.74) is 10.5. The van der Waals surface area contributed by atoms with Crippen LogP contribution in [0.5, 0.6) is 0 Å². The quantitative estimate of drug-likeness (QED) is 0.615. The SMILES string of the molecule is Cn1cc(-c2cnc3c(N)nc(-c4ccccc4)cn23)cn1. The Bertz CT molecular complexity index is 951. The number of anilines is 1. The third-order valence-corrected chi connectivity index (χ3v) is 3.59. The topological polar surface area (TPSA) is 74.0 Å². The van der Waals surface area contributed by atoms with Crippen LogP contribution in [0.2, 0.25) is 0 Å². The molecule has 0 aliphatic carbocycles. The molecule has 4 rings (SSSR count). The zero-order chi connectivity index (χ0) is 15.1. The maximum atomic E-state index is 6.08. The summed E-state index contributed by atoms with van der Waals surface area (Å²) in [7, 11) is 1.89. The molecule has 0 radical (unpaired) electrons. The first-order valence-corrected chi connectivity index (χ1v) is 6.90. The van der Waals surface area contributed by atoms with Crippen molar-refractivity contribution in [2.45, 2.75) is 0 Å². The number of aromatic nitrogens is 5. The first-order valence-electron chi connectivity index (χ1n) is 6.90. The lowest BCUT2D eigenvalue weighted by atomic mass is 10.1. The van der Waals surface area contributed by atoms with Crippen LogP contribution < -0.4 is 5.73 Å². The molecule has 0 aliphatic heterocycles. The van der Waals surface area contributed by atoms with Crippen LogP contribution in [0.3, 0.4) is 0 Å². The fraction of sp³-hybridized carbons (Fsp3) is 0.0625. The molecule has 108 valence electrons. The molecular formula is C16H14N6. The van der Waals surface area contributed by atoms with Crippen molar-refractivity contribution in [3.63, 3.8) is 0 Å². The number of nitrogens with two attached hydrogens (primary N) is 1. The number of nitrogens with zero attached hydrogens (tertiary/aromatic N) is 5. The van der Waals surface area contributed by atoms with Crippen molar-refractivity contribution in [3.8, 4) is 22.5 Å². The van der Waals surface area contributed by atoms with Crippen molar-refractivity contribution >= 4 is 11.5 Å². The van der Waals surface area contributed by atoms with Crippen molar-refractivity contribution in [2.24, 2.45) is 7.05 Å². The number of rotatable bonds is 2. The van der Waals surface area contributed by atoms with Crippen LogP contribution in [0.25, 0.3) is 28.2 Å². The van der Waals surface area contributed by atoms with Gasteiger partial charge >= 0.3 is 0 Å². The summed E-state index contributed by atoms with van der Waals surface area (Å²) in [6.07, 6.45) is 7.50.